The van der Waals surface area contributed by atoms with E-state index in [-0.39, 0.29) is 18.2 Å². The highest BCUT2D eigenvalue weighted by atomic mass is 79.9. The molecule has 4 nitrogen and oxygen atoms in total. The number of unbranched alkanes of at least 4 members (excludes halogenated alkanes) is 1. The summed E-state index contributed by atoms with van der Waals surface area (Å²) in [4.78, 5) is 23.1. The molecule has 0 spiro atoms. The summed E-state index contributed by atoms with van der Waals surface area (Å²) < 4.78 is 0.928. The van der Waals surface area contributed by atoms with E-state index in [1.165, 1.54) is 0 Å². The quantitative estimate of drug-likeness (QED) is 0.623. The van der Waals surface area contributed by atoms with Crippen LogP contribution >= 0.6 is 15.9 Å². The maximum Gasteiger partial charge on any atom is 0.233 e. The van der Waals surface area contributed by atoms with Gasteiger partial charge >= 0.3 is 0 Å². The topological polar surface area (TPSA) is 58.2 Å². The molecule has 1 aromatic carbocycles. The number of carbonyl (C=O) groups excluding carboxylic acids is 2. The van der Waals surface area contributed by atoms with Crippen LogP contribution in [0.1, 0.15) is 31.7 Å². The Bertz CT molecular complexity index is 461. The van der Waals surface area contributed by atoms with Crippen molar-refractivity contribution in [2.75, 3.05) is 11.9 Å². The SMILES string of the molecule is CCCCNC(=O)CC(=O)Nc1ccc(C)c(Br)c1. The number of halogens is 1. The smallest absolute Gasteiger partial charge is 0.233 e. The average Bonchev–Trinajstić information content (AvgIpc) is 2.34. The van der Waals surface area contributed by atoms with Crippen LogP contribution in [0.4, 0.5) is 5.69 Å². The Balaban J connectivity index is 2.42. The molecule has 2 N–H and O–H groups in total. The number of carbonyl (C=O) groups is 2. The van der Waals surface area contributed by atoms with Crippen molar-refractivity contribution in [3.8, 4) is 0 Å². The van der Waals surface area contributed by atoms with Crippen LogP contribution in [-0.2, 0) is 9.59 Å². The van der Waals surface area contributed by atoms with Gasteiger partial charge in [-0.2, -0.15) is 0 Å². The lowest BCUT2D eigenvalue weighted by Gasteiger charge is -2.07. The second-order valence-electron chi connectivity index (χ2n) is 4.39. The Morgan fingerprint density at radius 3 is 2.63 bits per heavy atom. The second kappa shape index (κ2) is 7.94. The third kappa shape index (κ3) is 5.87. The van der Waals surface area contributed by atoms with Crippen LogP contribution in [0.25, 0.3) is 0 Å². The summed E-state index contributed by atoms with van der Waals surface area (Å²) in [6.45, 7) is 4.64. The first kappa shape index (κ1) is 15.7. The van der Waals surface area contributed by atoms with Crippen molar-refractivity contribution in [1.29, 1.82) is 0 Å². The monoisotopic (exact) mass is 326 g/mol. The van der Waals surface area contributed by atoms with Gasteiger partial charge in [-0.3, -0.25) is 9.59 Å². The first-order valence-electron chi connectivity index (χ1n) is 6.35. The summed E-state index contributed by atoms with van der Waals surface area (Å²) in [6.07, 6.45) is 1.80. The van der Waals surface area contributed by atoms with Crippen LogP contribution in [0.3, 0.4) is 0 Å². The van der Waals surface area contributed by atoms with Gasteiger partial charge in [-0.25, -0.2) is 0 Å². The Morgan fingerprint density at radius 1 is 1.26 bits per heavy atom. The molecule has 0 saturated carbocycles. The Hall–Kier alpha value is -1.36. The van der Waals surface area contributed by atoms with E-state index in [2.05, 4.69) is 26.6 Å². The van der Waals surface area contributed by atoms with E-state index < -0.39 is 0 Å². The lowest BCUT2D eigenvalue weighted by atomic mass is 10.2. The van der Waals surface area contributed by atoms with Gasteiger partial charge in [0.1, 0.15) is 6.42 Å². The molecule has 19 heavy (non-hydrogen) atoms. The second-order valence-corrected chi connectivity index (χ2v) is 5.25. The van der Waals surface area contributed by atoms with Crippen LogP contribution in [0.5, 0.6) is 0 Å². The lowest BCUT2D eigenvalue weighted by Crippen LogP contribution is -2.28. The van der Waals surface area contributed by atoms with Crippen LogP contribution < -0.4 is 10.6 Å². The number of anilines is 1. The molecule has 0 heterocycles. The number of benzene rings is 1. The molecule has 0 atom stereocenters. The fraction of sp³-hybridized carbons (Fsp3) is 0.429. The molecule has 0 saturated heterocycles. The van der Waals surface area contributed by atoms with Gasteiger partial charge < -0.3 is 10.6 Å². The normalized spacial score (nSPS) is 10.1. The molecule has 5 heteroatoms. The third-order valence-corrected chi connectivity index (χ3v) is 3.48. The maximum atomic E-state index is 11.7. The summed E-state index contributed by atoms with van der Waals surface area (Å²) in [5, 5.41) is 5.41. The number of rotatable bonds is 6. The largest absolute Gasteiger partial charge is 0.356 e. The highest BCUT2D eigenvalue weighted by Crippen LogP contribution is 2.20. The zero-order valence-electron chi connectivity index (χ0n) is 11.3. The van der Waals surface area contributed by atoms with E-state index in [4.69, 9.17) is 0 Å². The third-order valence-electron chi connectivity index (χ3n) is 2.63. The van der Waals surface area contributed by atoms with Crippen molar-refractivity contribution < 1.29 is 9.59 Å². The Morgan fingerprint density at radius 2 is 2.00 bits per heavy atom. The highest BCUT2D eigenvalue weighted by Gasteiger charge is 2.09. The molecular formula is C14H19BrN2O2. The van der Waals surface area contributed by atoms with Crippen molar-refractivity contribution in [3.63, 3.8) is 0 Å². The Labute approximate surface area is 122 Å². The molecule has 0 fully saturated rings. The van der Waals surface area contributed by atoms with Gasteiger partial charge in [0.05, 0.1) is 0 Å². The first-order chi connectivity index (χ1) is 9.02. The predicted octanol–water partition coefficient (Wildman–Crippen LogP) is 3.00. The van der Waals surface area contributed by atoms with E-state index in [1.807, 2.05) is 32.0 Å². The lowest BCUT2D eigenvalue weighted by molar-refractivity contribution is -0.126. The van der Waals surface area contributed by atoms with Crippen LogP contribution in [0.2, 0.25) is 0 Å². The molecule has 0 aliphatic rings. The van der Waals surface area contributed by atoms with Crippen LogP contribution in [-0.4, -0.2) is 18.4 Å². The minimum Gasteiger partial charge on any atom is -0.356 e. The van der Waals surface area contributed by atoms with Gasteiger partial charge in [0.2, 0.25) is 11.8 Å². The zero-order valence-corrected chi connectivity index (χ0v) is 12.8. The van der Waals surface area contributed by atoms with Crippen molar-refractivity contribution in [2.45, 2.75) is 33.1 Å². The fourth-order valence-corrected chi connectivity index (χ4v) is 1.87. The van der Waals surface area contributed by atoms with E-state index in [0.29, 0.717) is 12.2 Å². The minimum atomic E-state index is -0.301. The molecule has 0 aliphatic heterocycles. The van der Waals surface area contributed by atoms with Crippen LogP contribution in [0, 0.1) is 6.92 Å². The van der Waals surface area contributed by atoms with Crippen molar-refractivity contribution in [1.82, 2.24) is 5.32 Å². The molecule has 104 valence electrons. The number of aryl methyl sites for hydroxylation is 1. The summed E-state index contributed by atoms with van der Waals surface area (Å²) in [6, 6.07) is 5.54. The fourth-order valence-electron chi connectivity index (χ4n) is 1.49. The molecular weight excluding hydrogens is 308 g/mol. The number of hydrogen-bond acceptors (Lipinski definition) is 2. The number of amides is 2. The number of nitrogens with one attached hydrogen (secondary N) is 2. The van der Waals surface area contributed by atoms with Gasteiger partial charge in [0, 0.05) is 16.7 Å². The Kier molecular flexibility index (Phi) is 6.56. The molecule has 0 radical (unpaired) electrons. The van der Waals surface area contributed by atoms with Gasteiger partial charge in [0.15, 0.2) is 0 Å². The number of hydrogen-bond donors (Lipinski definition) is 2. The van der Waals surface area contributed by atoms with Crippen LogP contribution in [0.15, 0.2) is 22.7 Å². The molecule has 2 amide bonds. The summed E-state index contributed by atoms with van der Waals surface area (Å²) in [7, 11) is 0. The standard InChI is InChI=1S/C14H19BrN2O2/c1-3-4-7-16-13(18)9-14(19)17-11-6-5-10(2)12(15)8-11/h5-6,8H,3-4,7,9H2,1-2H3,(H,16,18)(H,17,19). The zero-order chi connectivity index (χ0) is 14.3. The van der Waals surface area contributed by atoms with Crippen molar-refractivity contribution >= 4 is 33.4 Å². The molecule has 0 aromatic heterocycles. The van der Waals surface area contributed by atoms with E-state index >= 15 is 0 Å². The van der Waals surface area contributed by atoms with E-state index in [1.54, 1.807) is 0 Å². The first-order valence-corrected chi connectivity index (χ1v) is 7.15. The van der Waals surface area contributed by atoms with Gasteiger partial charge in [-0.15, -0.1) is 0 Å². The van der Waals surface area contributed by atoms with Gasteiger partial charge in [-0.1, -0.05) is 35.3 Å². The minimum absolute atomic E-state index is 0.144. The molecule has 0 aliphatic carbocycles. The van der Waals surface area contributed by atoms with Crippen molar-refractivity contribution in [2.24, 2.45) is 0 Å². The van der Waals surface area contributed by atoms with Crippen molar-refractivity contribution in [3.05, 3.63) is 28.2 Å². The summed E-state index contributed by atoms with van der Waals surface area (Å²) >= 11 is 3.40. The van der Waals surface area contributed by atoms with Gasteiger partial charge in [0.25, 0.3) is 0 Å². The summed E-state index contributed by atoms with van der Waals surface area (Å²) in [5.41, 5.74) is 1.78. The highest BCUT2D eigenvalue weighted by molar-refractivity contribution is 9.10. The summed E-state index contributed by atoms with van der Waals surface area (Å²) in [5.74, 6) is -0.540. The molecule has 0 bridgehead atoms. The average molecular weight is 327 g/mol. The molecule has 1 aromatic rings. The predicted molar refractivity (Wildman–Crippen MR) is 80.0 cm³/mol. The molecule has 0 unspecified atom stereocenters. The maximum absolute atomic E-state index is 11.7. The van der Waals surface area contributed by atoms with Gasteiger partial charge in [-0.05, 0) is 31.0 Å². The molecule has 1 rings (SSSR count). The van der Waals surface area contributed by atoms with E-state index in [9.17, 15) is 9.59 Å². The van der Waals surface area contributed by atoms with E-state index in [0.717, 1.165) is 22.9 Å².